The van der Waals surface area contributed by atoms with E-state index in [0.717, 1.165) is 27.7 Å². The Bertz CT molecular complexity index is 1230. The molecule has 30 heavy (non-hydrogen) atoms. The predicted octanol–water partition coefficient (Wildman–Crippen LogP) is 4.07. The molecule has 6 nitrogen and oxygen atoms in total. The molecule has 0 bridgehead atoms. The normalized spacial score (nSPS) is 11.0. The lowest BCUT2D eigenvalue weighted by Crippen LogP contribution is -2.19. The summed E-state index contributed by atoms with van der Waals surface area (Å²) < 4.78 is 3.83. The molecule has 0 saturated carbocycles. The van der Waals surface area contributed by atoms with E-state index in [1.54, 1.807) is 10.9 Å². The monoisotopic (exact) mass is 395 g/mol. The molecule has 0 fully saturated rings. The molecule has 1 amide bonds. The van der Waals surface area contributed by atoms with Gasteiger partial charge in [-0.1, -0.05) is 36.4 Å². The zero-order valence-corrected chi connectivity index (χ0v) is 16.4. The van der Waals surface area contributed by atoms with Crippen LogP contribution >= 0.6 is 0 Å². The summed E-state index contributed by atoms with van der Waals surface area (Å²) in [6, 6.07) is 20.0. The molecule has 0 spiro atoms. The molecule has 0 aliphatic heterocycles. The minimum Gasteiger partial charge on any atom is -0.348 e. The molecular weight excluding hydrogens is 374 g/mol. The van der Waals surface area contributed by atoms with E-state index in [0.29, 0.717) is 19.5 Å². The van der Waals surface area contributed by atoms with Gasteiger partial charge in [0.2, 0.25) is 5.91 Å². The van der Waals surface area contributed by atoms with Crippen LogP contribution in [0.5, 0.6) is 0 Å². The van der Waals surface area contributed by atoms with Crippen LogP contribution in [0.1, 0.15) is 17.5 Å². The first-order valence-corrected chi connectivity index (χ1v) is 9.74. The molecule has 6 heteroatoms. The van der Waals surface area contributed by atoms with Crippen LogP contribution in [-0.2, 0) is 17.9 Å². The van der Waals surface area contributed by atoms with Gasteiger partial charge in [0.15, 0.2) is 0 Å². The Kier molecular flexibility index (Phi) is 5.72. The lowest BCUT2D eigenvalue weighted by atomic mass is 10.1. The standard InChI is InChI=1S/C24H21N5O/c25-13-6-14-28-18-20(22-9-4-5-10-23(22)28)11-12-24(30)26-15-19-16-27-29(17-19)21-7-2-1-3-8-21/h1-5,7-12,16-18H,6,14-15H2,(H,26,30)/b12-11+. The van der Waals surface area contributed by atoms with E-state index in [-0.39, 0.29) is 5.91 Å². The van der Waals surface area contributed by atoms with E-state index in [2.05, 4.69) is 16.5 Å². The van der Waals surface area contributed by atoms with Gasteiger partial charge in [-0.3, -0.25) is 4.79 Å². The number of carbonyl (C=O) groups is 1. The average molecular weight is 395 g/mol. The minimum absolute atomic E-state index is 0.170. The smallest absolute Gasteiger partial charge is 0.244 e. The Morgan fingerprint density at radius 1 is 1.10 bits per heavy atom. The Hall–Kier alpha value is -4.11. The van der Waals surface area contributed by atoms with Crippen molar-refractivity contribution in [1.29, 1.82) is 5.26 Å². The number of aromatic nitrogens is 3. The van der Waals surface area contributed by atoms with Crippen molar-refractivity contribution < 1.29 is 4.79 Å². The zero-order chi connectivity index (χ0) is 20.8. The van der Waals surface area contributed by atoms with Gasteiger partial charge in [0.25, 0.3) is 0 Å². The number of hydrogen-bond donors (Lipinski definition) is 1. The first kappa shape index (κ1) is 19.2. The Morgan fingerprint density at radius 3 is 2.73 bits per heavy atom. The lowest BCUT2D eigenvalue weighted by Gasteiger charge is -2.00. The molecule has 4 rings (SSSR count). The molecule has 0 saturated heterocycles. The number of hydrogen-bond acceptors (Lipinski definition) is 3. The molecular formula is C24H21N5O. The van der Waals surface area contributed by atoms with Crippen LogP contribution in [0.25, 0.3) is 22.7 Å². The van der Waals surface area contributed by atoms with Gasteiger partial charge in [-0.2, -0.15) is 10.4 Å². The van der Waals surface area contributed by atoms with Gasteiger partial charge in [-0.25, -0.2) is 4.68 Å². The van der Waals surface area contributed by atoms with E-state index in [1.807, 2.05) is 77.6 Å². The van der Waals surface area contributed by atoms with Gasteiger partial charge >= 0.3 is 0 Å². The van der Waals surface area contributed by atoms with Crippen molar-refractivity contribution in [2.24, 2.45) is 0 Å². The Balaban J connectivity index is 1.41. The maximum Gasteiger partial charge on any atom is 0.244 e. The highest BCUT2D eigenvalue weighted by atomic mass is 16.1. The topological polar surface area (TPSA) is 75.6 Å². The number of amides is 1. The first-order chi connectivity index (χ1) is 14.7. The number of nitriles is 1. The summed E-state index contributed by atoms with van der Waals surface area (Å²) in [7, 11) is 0. The van der Waals surface area contributed by atoms with Crippen molar-refractivity contribution in [2.45, 2.75) is 19.5 Å². The average Bonchev–Trinajstić information content (AvgIpc) is 3.40. The summed E-state index contributed by atoms with van der Waals surface area (Å²) in [6.45, 7) is 1.03. The van der Waals surface area contributed by atoms with Crippen LogP contribution in [0.3, 0.4) is 0 Å². The van der Waals surface area contributed by atoms with Crippen LogP contribution < -0.4 is 5.32 Å². The van der Waals surface area contributed by atoms with E-state index in [1.165, 1.54) is 6.08 Å². The summed E-state index contributed by atoms with van der Waals surface area (Å²) in [5.41, 5.74) is 3.91. The molecule has 1 N–H and O–H groups in total. The SMILES string of the molecule is N#CCCn1cc(/C=C/C(=O)NCc2cnn(-c3ccccc3)c2)c2ccccc21. The summed E-state index contributed by atoms with van der Waals surface area (Å²) in [4.78, 5) is 12.3. The molecule has 2 aromatic heterocycles. The maximum absolute atomic E-state index is 12.3. The predicted molar refractivity (Wildman–Crippen MR) is 117 cm³/mol. The van der Waals surface area contributed by atoms with E-state index < -0.39 is 0 Å². The molecule has 0 aliphatic carbocycles. The van der Waals surface area contributed by atoms with Crippen LogP contribution in [0.2, 0.25) is 0 Å². The molecule has 2 heterocycles. The molecule has 0 radical (unpaired) electrons. The molecule has 4 aromatic rings. The Labute approximate surface area is 174 Å². The quantitative estimate of drug-likeness (QED) is 0.479. The molecule has 0 atom stereocenters. The molecule has 0 aliphatic rings. The van der Waals surface area contributed by atoms with E-state index >= 15 is 0 Å². The van der Waals surface area contributed by atoms with Gasteiger partial charge in [-0.05, 0) is 24.3 Å². The number of nitrogens with zero attached hydrogens (tertiary/aromatic N) is 4. The number of nitrogens with one attached hydrogen (secondary N) is 1. The number of para-hydroxylation sites is 2. The highest BCUT2D eigenvalue weighted by Crippen LogP contribution is 2.22. The summed E-state index contributed by atoms with van der Waals surface area (Å²) in [5.74, 6) is -0.170. The van der Waals surface area contributed by atoms with Crippen molar-refractivity contribution in [3.05, 3.63) is 90.4 Å². The second-order valence-corrected chi connectivity index (χ2v) is 6.88. The maximum atomic E-state index is 12.3. The number of benzene rings is 2. The molecule has 0 unspecified atom stereocenters. The van der Waals surface area contributed by atoms with Crippen molar-refractivity contribution >= 4 is 22.9 Å². The number of carbonyl (C=O) groups excluding carboxylic acids is 1. The van der Waals surface area contributed by atoms with E-state index in [9.17, 15) is 4.79 Å². The van der Waals surface area contributed by atoms with Crippen LogP contribution in [0.15, 0.2) is 79.3 Å². The van der Waals surface area contributed by atoms with E-state index in [4.69, 9.17) is 5.26 Å². The van der Waals surface area contributed by atoms with Gasteiger partial charge < -0.3 is 9.88 Å². The molecule has 2 aromatic carbocycles. The summed E-state index contributed by atoms with van der Waals surface area (Å²) in [6.07, 6.45) is 9.43. The van der Waals surface area contributed by atoms with Crippen LogP contribution in [0, 0.1) is 11.3 Å². The fraction of sp³-hybridized carbons (Fsp3) is 0.125. The van der Waals surface area contributed by atoms with Crippen molar-refractivity contribution in [1.82, 2.24) is 19.7 Å². The third-order valence-electron chi connectivity index (χ3n) is 4.82. The largest absolute Gasteiger partial charge is 0.348 e. The van der Waals surface area contributed by atoms with Crippen LogP contribution in [0.4, 0.5) is 0 Å². The second kappa shape index (κ2) is 8.93. The highest BCUT2D eigenvalue weighted by molar-refractivity contribution is 5.96. The van der Waals surface area contributed by atoms with Gasteiger partial charge in [0, 0.05) is 53.6 Å². The Morgan fingerprint density at radius 2 is 1.90 bits per heavy atom. The number of fused-ring (bicyclic) bond motifs is 1. The van der Waals surface area contributed by atoms with Crippen molar-refractivity contribution in [3.8, 4) is 11.8 Å². The lowest BCUT2D eigenvalue weighted by molar-refractivity contribution is -0.116. The van der Waals surface area contributed by atoms with Crippen LogP contribution in [-0.4, -0.2) is 20.3 Å². The summed E-state index contributed by atoms with van der Waals surface area (Å²) >= 11 is 0. The second-order valence-electron chi connectivity index (χ2n) is 6.88. The third kappa shape index (κ3) is 4.31. The number of aryl methyl sites for hydroxylation is 1. The van der Waals surface area contributed by atoms with Gasteiger partial charge in [0.1, 0.15) is 0 Å². The van der Waals surface area contributed by atoms with Crippen molar-refractivity contribution in [3.63, 3.8) is 0 Å². The highest BCUT2D eigenvalue weighted by Gasteiger charge is 2.07. The molecule has 148 valence electrons. The third-order valence-corrected chi connectivity index (χ3v) is 4.82. The fourth-order valence-corrected chi connectivity index (χ4v) is 3.35. The zero-order valence-electron chi connectivity index (χ0n) is 16.4. The van der Waals surface area contributed by atoms with Gasteiger partial charge in [-0.15, -0.1) is 0 Å². The van der Waals surface area contributed by atoms with Crippen molar-refractivity contribution in [2.75, 3.05) is 0 Å². The fourth-order valence-electron chi connectivity index (χ4n) is 3.35. The summed E-state index contributed by atoms with van der Waals surface area (Å²) in [5, 5.41) is 17.2. The minimum atomic E-state index is -0.170. The van der Waals surface area contributed by atoms with Gasteiger partial charge in [0.05, 0.1) is 24.4 Å². The number of rotatable bonds is 7. The first-order valence-electron chi connectivity index (χ1n) is 9.74.